The highest BCUT2D eigenvalue weighted by Gasteiger charge is 2.32. The summed E-state index contributed by atoms with van der Waals surface area (Å²) >= 11 is 4.98. The molecule has 1 amide bonds. The highest BCUT2D eigenvalue weighted by molar-refractivity contribution is 9.10. The Bertz CT molecular complexity index is 777. The van der Waals surface area contributed by atoms with Crippen molar-refractivity contribution >= 4 is 39.1 Å². The fraction of sp³-hybridized carbons (Fsp3) is 0.389. The van der Waals surface area contributed by atoms with Gasteiger partial charge in [0.25, 0.3) is 0 Å². The number of esters is 1. The van der Waals surface area contributed by atoms with Crippen molar-refractivity contribution in [1.29, 1.82) is 0 Å². The van der Waals surface area contributed by atoms with Gasteiger partial charge in [-0.1, -0.05) is 28.1 Å². The minimum atomic E-state index is -0.463. The van der Waals surface area contributed by atoms with Gasteiger partial charge in [0.05, 0.1) is 19.2 Å². The first-order valence-corrected chi connectivity index (χ1v) is 9.83. The second kappa shape index (κ2) is 8.10. The van der Waals surface area contributed by atoms with Crippen LogP contribution in [0.25, 0.3) is 10.6 Å². The van der Waals surface area contributed by atoms with Gasteiger partial charge >= 0.3 is 5.97 Å². The number of halogens is 1. The molecule has 1 saturated heterocycles. The van der Waals surface area contributed by atoms with E-state index in [2.05, 4.69) is 20.9 Å². The Hall–Kier alpha value is -1.73. The van der Waals surface area contributed by atoms with E-state index in [0.29, 0.717) is 13.0 Å². The Balaban J connectivity index is 1.71. The van der Waals surface area contributed by atoms with E-state index in [1.165, 1.54) is 18.4 Å². The molecular formula is C18H19BrN2O3S. The number of ether oxygens (including phenoxy) is 1. The van der Waals surface area contributed by atoms with Crippen LogP contribution in [-0.2, 0) is 20.7 Å². The molecule has 1 aromatic heterocycles. The third-order valence-electron chi connectivity index (χ3n) is 4.25. The number of hydrogen-bond donors (Lipinski definition) is 0. The minimum Gasteiger partial charge on any atom is -0.467 e. The molecule has 5 nitrogen and oxygen atoms in total. The molecule has 132 valence electrons. The number of rotatable bonds is 4. The van der Waals surface area contributed by atoms with Crippen molar-refractivity contribution in [1.82, 2.24) is 9.88 Å². The van der Waals surface area contributed by atoms with Crippen LogP contribution in [0.1, 0.15) is 25.0 Å². The molecule has 1 aromatic carbocycles. The summed E-state index contributed by atoms with van der Waals surface area (Å²) in [6, 6.07) is 7.45. The van der Waals surface area contributed by atoms with Crippen molar-refractivity contribution in [3.63, 3.8) is 0 Å². The van der Waals surface area contributed by atoms with Gasteiger partial charge in [0.15, 0.2) is 0 Å². The van der Waals surface area contributed by atoms with E-state index in [9.17, 15) is 9.59 Å². The molecule has 7 heteroatoms. The number of amides is 1. The summed E-state index contributed by atoms with van der Waals surface area (Å²) in [7, 11) is 1.37. The zero-order chi connectivity index (χ0) is 17.8. The second-order valence-electron chi connectivity index (χ2n) is 5.95. The van der Waals surface area contributed by atoms with Crippen LogP contribution in [0.2, 0.25) is 0 Å². The SMILES string of the molecule is COC(=O)C1CCCCN1C(=O)Cc1csc(-c2cccc(Br)c2)n1. The zero-order valence-electron chi connectivity index (χ0n) is 13.9. The molecule has 0 saturated carbocycles. The highest BCUT2D eigenvalue weighted by Crippen LogP contribution is 2.27. The Kier molecular flexibility index (Phi) is 5.86. The van der Waals surface area contributed by atoms with Crippen molar-refractivity contribution in [3.8, 4) is 10.6 Å². The molecule has 1 atom stereocenters. The number of thiazole rings is 1. The largest absolute Gasteiger partial charge is 0.467 e. The lowest BCUT2D eigenvalue weighted by atomic mass is 10.0. The van der Waals surface area contributed by atoms with Crippen molar-refractivity contribution in [2.24, 2.45) is 0 Å². The first-order chi connectivity index (χ1) is 12.1. The monoisotopic (exact) mass is 422 g/mol. The van der Waals surface area contributed by atoms with Crippen LogP contribution in [0.4, 0.5) is 0 Å². The van der Waals surface area contributed by atoms with Crippen molar-refractivity contribution in [2.45, 2.75) is 31.7 Å². The number of methoxy groups -OCH3 is 1. The van der Waals surface area contributed by atoms with Gasteiger partial charge in [-0.25, -0.2) is 9.78 Å². The molecule has 0 N–H and O–H groups in total. The van der Waals surface area contributed by atoms with Crippen LogP contribution < -0.4 is 0 Å². The number of piperidine rings is 1. The summed E-state index contributed by atoms with van der Waals surface area (Å²) in [6.45, 7) is 0.598. The van der Waals surface area contributed by atoms with E-state index < -0.39 is 6.04 Å². The standard InChI is InChI=1S/C18H19BrN2O3S/c1-24-18(23)15-7-2-3-8-21(15)16(22)10-14-11-25-17(20-14)12-5-4-6-13(19)9-12/h4-6,9,11,15H,2-3,7-8,10H2,1H3. The predicted molar refractivity (Wildman–Crippen MR) is 100 cm³/mol. The second-order valence-corrected chi connectivity index (χ2v) is 7.73. The van der Waals surface area contributed by atoms with Crippen LogP contribution in [0.15, 0.2) is 34.1 Å². The van der Waals surface area contributed by atoms with Gasteiger partial charge in [-0.2, -0.15) is 0 Å². The van der Waals surface area contributed by atoms with Gasteiger partial charge in [-0.15, -0.1) is 11.3 Å². The first-order valence-electron chi connectivity index (χ1n) is 8.16. The van der Waals surface area contributed by atoms with Gasteiger partial charge in [-0.05, 0) is 31.4 Å². The maximum Gasteiger partial charge on any atom is 0.328 e. The van der Waals surface area contributed by atoms with Gasteiger partial charge in [-0.3, -0.25) is 4.79 Å². The Morgan fingerprint density at radius 2 is 2.24 bits per heavy atom. The van der Waals surface area contributed by atoms with E-state index >= 15 is 0 Å². The molecular weight excluding hydrogens is 404 g/mol. The average molecular weight is 423 g/mol. The number of carbonyl (C=O) groups is 2. The summed E-state index contributed by atoms with van der Waals surface area (Å²) in [5, 5.41) is 2.79. The molecule has 0 radical (unpaired) electrons. The number of aromatic nitrogens is 1. The first kappa shape index (κ1) is 18.1. The van der Waals surface area contributed by atoms with Crippen molar-refractivity contribution in [3.05, 3.63) is 39.8 Å². The lowest BCUT2D eigenvalue weighted by Gasteiger charge is -2.33. The lowest BCUT2D eigenvalue weighted by molar-refractivity contribution is -0.154. The molecule has 3 rings (SSSR count). The maximum absolute atomic E-state index is 12.7. The van der Waals surface area contributed by atoms with Crippen molar-refractivity contribution < 1.29 is 14.3 Å². The molecule has 0 aliphatic carbocycles. The van der Waals surface area contributed by atoms with E-state index in [-0.39, 0.29) is 18.3 Å². The normalized spacial score (nSPS) is 17.4. The maximum atomic E-state index is 12.7. The minimum absolute atomic E-state index is 0.0683. The summed E-state index contributed by atoms with van der Waals surface area (Å²) in [6.07, 6.45) is 2.73. The molecule has 1 fully saturated rings. The van der Waals surface area contributed by atoms with Crippen LogP contribution in [0.3, 0.4) is 0 Å². The number of likely N-dealkylation sites (tertiary alicyclic amines) is 1. The van der Waals surface area contributed by atoms with Crippen LogP contribution in [0.5, 0.6) is 0 Å². The molecule has 1 aliphatic rings. The van der Waals surface area contributed by atoms with E-state index in [4.69, 9.17) is 4.74 Å². The van der Waals surface area contributed by atoms with Gasteiger partial charge in [0.2, 0.25) is 5.91 Å². The fourth-order valence-electron chi connectivity index (χ4n) is 3.01. The third-order valence-corrected chi connectivity index (χ3v) is 5.69. The summed E-state index contributed by atoms with van der Waals surface area (Å²) in [5.74, 6) is -0.401. The van der Waals surface area contributed by atoms with Gasteiger partial charge < -0.3 is 9.64 Å². The topological polar surface area (TPSA) is 59.5 Å². The third kappa shape index (κ3) is 4.27. The molecule has 2 aromatic rings. The average Bonchev–Trinajstić information content (AvgIpc) is 3.09. The summed E-state index contributed by atoms with van der Waals surface area (Å²) < 4.78 is 5.84. The smallest absolute Gasteiger partial charge is 0.328 e. The van der Waals surface area contributed by atoms with E-state index in [1.807, 2.05) is 29.6 Å². The summed E-state index contributed by atoms with van der Waals surface area (Å²) in [5.41, 5.74) is 1.75. The zero-order valence-corrected chi connectivity index (χ0v) is 16.3. The van der Waals surface area contributed by atoms with Crippen LogP contribution in [0, 0.1) is 0 Å². The molecule has 0 spiro atoms. The molecule has 25 heavy (non-hydrogen) atoms. The quantitative estimate of drug-likeness (QED) is 0.705. The van der Waals surface area contributed by atoms with E-state index in [1.54, 1.807) is 4.90 Å². The molecule has 1 unspecified atom stereocenters. The Morgan fingerprint density at radius 1 is 1.40 bits per heavy atom. The highest BCUT2D eigenvalue weighted by atomic mass is 79.9. The number of nitrogens with zero attached hydrogens (tertiary/aromatic N) is 2. The fourth-order valence-corrected chi connectivity index (χ4v) is 4.23. The van der Waals surface area contributed by atoms with Gasteiger partial charge in [0.1, 0.15) is 11.0 Å². The number of benzene rings is 1. The Labute approximate surface area is 159 Å². The number of carbonyl (C=O) groups excluding carboxylic acids is 2. The lowest BCUT2D eigenvalue weighted by Crippen LogP contribution is -2.49. The molecule has 0 bridgehead atoms. The van der Waals surface area contributed by atoms with Crippen LogP contribution in [-0.4, -0.2) is 41.5 Å². The van der Waals surface area contributed by atoms with Crippen LogP contribution >= 0.6 is 27.3 Å². The van der Waals surface area contributed by atoms with E-state index in [0.717, 1.165) is 33.6 Å². The molecule has 2 heterocycles. The predicted octanol–water partition coefficient (Wildman–Crippen LogP) is 3.67. The molecule has 1 aliphatic heterocycles. The number of hydrogen-bond acceptors (Lipinski definition) is 5. The Morgan fingerprint density at radius 3 is 3.00 bits per heavy atom. The van der Waals surface area contributed by atoms with Gasteiger partial charge in [0, 0.05) is 22.0 Å². The summed E-state index contributed by atoms with van der Waals surface area (Å²) in [4.78, 5) is 30.8. The van der Waals surface area contributed by atoms with Crippen molar-refractivity contribution in [2.75, 3.05) is 13.7 Å².